The molecule has 0 aliphatic heterocycles. The van der Waals surface area contributed by atoms with Gasteiger partial charge in [-0.1, -0.05) is 259 Å². The van der Waals surface area contributed by atoms with E-state index in [2.05, 4.69) is 128 Å². The fraction of sp³-hybridized carbons (Fsp3) is 0.318. The second kappa shape index (κ2) is 48.4. The number of nitro groups is 2. The van der Waals surface area contributed by atoms with Gasteiger partial charge in [0.2, 0.25) is 0 Å². The van der Waals surface area contributed by atoms with Crippen LogP contribution in [0.3, 0.4) is 0 Å². The molecule has 103 heavy (non-hydrogen) atoms. The van der Waals surface area contributed by atoms with Crippen molar-refractivity contribution in [2.45, 2.75) is 187 Å². The van der Waals surface area contributed by atoms with Gasteiger partial charge in [-0.15, -0.1) is 0 Å². The number of carbonyl (C=O) groups is 6. The summed E-state index contributed by atoms with van der Waals surface area (Å²) in [6.45, 7) is 34.1. The van der Waals surface area contributed by atoms with Crippen molar-refractivity contribution in [3.63, 3.8) is 0 Å². The summed E-state index contributed by atoms with van der Waals surface area (Å²) < 4.78 is 36.4. The number of hydrogen-bond acceptors (Lipinski definition) is 10. The first-order valence-corrected chi connectivity index (χ1v) is 34.8. The minimum Gasteiger partial charge on any atom is -0.295 e. The highest BCUT2D eigenvalue weighted by Crippen LogP contribution is 2.30. The highest BCUT2D eigenvalue weighted by Gasteiger charge is 2.30. The average molecular weight is 1410 g/mol. The van der Waals surface area contributed by atoms with E-state index in [1.54, 1.807) is 97.1 Å². The van der Waals surface area contributed by atoms with Crippen LogP contribution < -0.4 is 0 Å². The zero-order valence-corrected chi connectivity index (χ0v) is 63.4. The molecular weight excluding hydrogens is 1300 g/mol. The van der Waals surface area contributed by atoms with E-state index in [1.807, 2.05) is 33.8 Å². The van der Waals surface area contributed by atoms with Crippen molar-refractivity contribution in [1.29, 1.82) is 0 Å². The summed E-state index contributed by atoms with van der Waals surface area (Å²) in [7, 11) is 0. The van der Waals surface area contributed by atoms with Crippen LogP contribution in [0, 0.1) is 20.2 Å². The lowest BCUT2D eigenvalue weighted by molar-refractivity contribution is -0.385. The number of non-ortho nitro benzene ring substituents is 2. The molecule has 0 aliphatic rings. The van der Waals surface area contributed by atoms with E-state index in [0.29, 0.717) is 45.2 Å². The predicted octanol–water partition coefficient (Wildman–Crippen LogP) is 24.0. The number of benzene rings is 9. The van der Waals surface area contributed by atoms with Gasteiger partial charge < -0.3 is 0 Å². The van der Waals surface area contributed by atoms with Crippen molar-refractivity contribution in [3.8, 4) is 0 Å². The molecule has 548 valence electrons. The number of halogens is 3. The van der Waals surface area contributed by atoms with Crippen molar-refractivity contribution in [3.05, 3.63) is 328 Å². The lowest BCUT2D eigenvalue weighted by atomic mass is 10.0. The molecular formula is C88H105F3N2O10. The molecule has 0 amide bonds. The smallest absolute Gasteiger partial charge is 0.295 e. The van der Waals surface area contributed by atoms with Crippen molar-refractivity contribution < 1.29 is 51.8 Å². The van der Waals surface area contributed by atoms with Gasteiger partial charge in [0.15, 0.2) is 34.7 Å². The molecule has 0 spiro atoms. The summed E-state index contributed by atoms with van der Waals surface area (Å²) in [5.41, 5.74) is 15.0. The van der Waals surface area contributed by atoms with Crippen LogP contribution in [-0.2, 0) is 44.7 Å². The molecule has 0 radical (unpaired) electrons. The Bertz CT molecular complexity index is 3920. The number of aryl methyl sites for hydroxylation is 6. The van der Waals surface area contributed by atoms with Crippen molar-refractivity contribution in [2.75, 3.05) is 0 Å². The molecule has 15 heteroatoms. The Balaban J connectivity index is 0.000000580. The molecule has 0 N–H and O–H groups in total. The highest BCUT2D eigenvalue weighted by atomic mass is 19.4. The Kier molecular flexibility index (Phi) is 42.6. The van der Waals surface area contributed by atoms with Crippen LogP contribution in [0.25, 0.3) is 0 Å². The molecule has 9 aromatic rings. The van der Waals surface area contributed by atoms with Crippen LogP contribution in [0.5, 0.6) is 0 Å². The Labute approximate surface area is 609 Å². The predicted molar refractivity (Wildman–Crippen MR) is 415 cm³/mol. The SMILES string of the molecule is CC(=O)c1ccc(C(C)=O)cc1.CC(=O)c1cccc(C(C)=O)c1.CC(=O)c1ccccc1C(C)=O.CC(C)c1ccc(C(F)(F)F)cc1.CC(C)c1ccc([N+](=O)[O-])cc1.CC(C)c1cccc([N+](=O)[O-])c1.CCc1ccc(CC)cc1.CCc1cccc(CC)c1.CCc1ccccc1CC. The molecule has 0 fully saturated rings. The fourth-order valence-corrected chi connectivity index (χ4v) is 9.36. The van der Waals surface area contributed by atoms with Gasteiger partial charge in [-0.25, -0.2) is 0 Å². The van der Waals surface area contributed by atoms with Gasteiger partial charge in [0.25, 0.3) is 11.4 Å². The third-order valence-electron chi connectivity index (χ3n) is 16.0. The van der Waals surface area contributed by atoms with Crippen molar-refractivity contribution in [1.82, 2.24) is 0 Å². The maximum atomic E-state index is 12.1. The van der Waals surface area contributed by atoms with Crippen LogP contribution >= 0.6 is 0 Å². The van der Waals surface area contributed by atoms with Crippen molar-refractivity contribution in [2.24, 2.45) is 0 Å². The molecule has 0 saturated heterocycles. The largest absolute Gasteiger partial charge is 0.416 e. The molecule has 0 aliphatic carbocycles. The molecule has 0 saturated carbocycles. The summed E-state index contributed by atoms with van der Waals surface area (Å²) in [5.74, 6) is 0.894. The van der Waals surface area contributed by atoms with E-state index in [1.165, 1.54) is 105 Å². The quantitative estimate of drug-likeness (QED) is 0.0482. The maximum absolute atomic E-state index is 12.1. The van der Waals surface area contributed by atoms with E-state index in [-0.39, 0.29) is 61.8 Å². The Morgan fingerprint density at radius 1 is 0.320 bits per heavy atom. The number of alkyl halides is 3. The van der Waals surface area contributed by atoms with E-state index in [9.17, 15) is 62.2 Å². The minimum atomic E-state index is -4.23. The topological polar surface area (TPSA) is 189 Å². The highest BCUT2D eigenvalue weighted by molar-refractivity contribution is 6.07. The third-order valence-corrected chi connectivity index (χ3v) is 16.0. The van der Waals surface area contributed by atoms with Crippen LogP contribution in [0.15, 0.2) is 218 Å². The van der Waals surface area contributed by atoms with Gasteiger partial charge in [0.05, 0.1) is 15.4 Å². The van der Waals surface area contributed by atoms with Crippen molar-refractivity contribution >= 4 is 46.1 Å². The van der Waals surface area contributed by atoms with E-state index >= 15 is 0 Å². The Morgan fingerprint density at radius 2 is 0.650 bits per heavy atom. The Hall–Kier alpha value is -10.4. The summed E-state index contributed by atoms with van der Waals surface area (Å²) in [6.07, 6.45) is 2.67. The monoisotopic (exact) mass is 1410 g/mol. The Morgan fingerprint density at radius 3 is 0.951 bits per heavy atom. The van der Waals surface area contributed by atoms with Crippen LogP contribution in [0.4, 0.5) is 24.5 Å². The lowest BCUT2D eigenvalue weighted by Crippen LogP contribution is -2.04. The fourth-order valence-electron chi connectivity index (χ4n) is 9.36. The average Bonchev–Trinajstić information content (AvgIpc) is 0.863. The number of nitrogens with zero attached hydrogens (tertiary/aromatic N) is 2. The molecule has 0 aromatic heterocycles. The molecule has 0 atom stereocenters. The van der Waals surface area contributed by atoms with E-state index < -0.39 is 11.7 Å². The maximum Gasteiger partial charge on any atom is 0.416 e. The summed E-state index contributed by atoms with van der Waals surface area (Å²) in [5, 5.41) is 20.7. The van der Waals surface area contributed by atoms with Gasteiger partial charge in [-0.3, -0.25) is 49.0 Å². The lowest BCUT2D eigenvalue weighted by Gasteiger charge is -2.09. The van der Waals surface area contributed by atoms with Crippen LogP contribution in [0.1, 0.15) is 260 Å². The van der Waals surface area contributed by atoms with E-state index in [4.69, 9.17) is 0 Å². The number of ketones is 6. The van der Waals surface area contributed by atoms with Gasteiger partial charge in [-0.2, -0.15) is 13.2 Å². The van der Waals surface area contributed by atoms with Crippen LogP contribution in [0.2, 0.25) is 0 Å². The zero-order chi connectivity index (χ0) is 77.9. The third kappa shape index (κ3) is 35.7. The number of nitro benzene ring substituents is 2. The van der Waals surface area contributed by atoms with E-state index in [0.717, 1.165) is 67.3 Å². The molecule has 12 nitrogen and oxygen atoms in total. The van der Waals surface area contributed by atoms with Crippen LogP contribution in [-0.4, -0.2) is 44.5 Å². The normalized spacial score (nSPS) is 10.1. The minimum absolute atomic E-state index is 0.0156. The summed E-state index contributed by atoms with van der Waals surface area (Å²) in [6, 6.07) is 65.2. The number of carbonyl (C=O) groups excluding carboxylic acids is 6. The number of hydrogen-bond donors (Lipinski definition) is 0. The molecule has 0 heterocycles. The molecule has 9 aromatic carbocycles. The first-order valence-electron chi connectivity index (χ1n) is 34.8. The molecule has 9 rings (SSSR count). The number of Topliss-reactive ketones (excluding diaryl/α,β-unsaturated/α-hetero) is 6. The second-order valence-electron chi connectivity index (χ2n) is 24.9. The molecule has 0 unspecified atom stereocenters. The first-order chi connectivity index (χ1) is 48.6. The first kappa shape index (κ1) is 90.6. The summed E-state index contributed by atoms with van der Waals surface area (Å²) in [4.78, 5) is 85.5. The second-order valence-corrected chi connectivity index (χ2v) is 24.9. The molecule has 0 bridgehead atoms. The van der Waals surface area contributed by atoms with Gasteiger partial charge >= 0.3 is 6.18 Å². The van der Waals surface area contributed by atoms with Gasteiger partial charge in [0, 0.05) is 57.6 Å². The zero-order valence-electron chi connectivity index (χ0n) is 63.4. The van der Waals surface area contributed by atoms with Gasteiger partial charge in [-0.05, 0) is 166 Å². The standard InChI is InChI=1S/C10H11F3.3C10H10O2.3C10H14.2C9H11NO2/c1-7(2)8-3-5-9(6-4-8)10(11,12)13;1-7(11)9-3-5-10(6-4-9)8(2)12;1-7(11)9-4-3-5-10(6-9)8(2)12;1-7(11)9-5-3-4-6-10(9)8(2)12;1-3-9-5-7-10(4-2)8-6-9;1-3-9-6-5-7-10(4-2)8-9;1-3-9-7-5-6-8-10(9)4-2;1-7(2)8-3-5-9(6-4-8)10(11)12;1-7(2)8-4-3-5-9(6-8)10(11)12/h3-7H,1-2H3;3*3-6H,1-2H3;3*5-8H,3-4H2,1-2H3;2*3-7H,1-2H3. The summed E-state index contributed by atoms with van der Waals surface area (Å²) >= 11 is 0. The van der Waals surface area contributed by atoms with Gasteiger partial charge in [0.1, 0.15) is 0 Å². The number of rotatable bonds is 17.